The molecule has 1 fully saturated rings. The van der Waals surface area contributed by atoms with Gasteiger partial charge < -0.3 is 26.4 Å². The van der Waals surface area contributed by atoms with Crippen molar-refractivity contribution in [3.8, 4) is 0 Å². The Hall–Kier alpha value is -3.66. The van der Waals surface area contributed by atoms with Gasteiger partial charge in [-0.25, -0.2) is 4.39 Å². The van der Waals surface area contributed by atoms with Crippen LogP contribution in [0.4, 0.5) is 10.1 Å². The summed E-state index contributed by atoms with van der Waals surface area (Å²) in [6, 6.07) is 5.41. The summed E-state index contributed by atoms with van der Waals surface area (Å²) in [5.74, 6) is 3.17. The number of amides is 2. The average Bonchev–Trinajstić information content (AvgIpc) is 3.28. The number of rotatable bonds is 7. The summed E-state index contributed by atoms with van der Waals surface area (Å²) in [5, 5.41) is 5.48. The molecule has 2 heterocycles. The third-order valence-corrected chi connectivity index (χ3v) is 6.10. The van der Waals surface area contributed by atoms with E-state index >= 15 is 0 Å². The van der Waals surface area contributed by atoms with Crippen molar-refractivity contribution in [3.63, 3.8) is 0 Å². The van der Waals surface area contributed by atoms with E-state index < -0.39 is 29.0 Å². The first kappa shape index (κ1) is 21.6. The highest BCUT2D eigenvalue weighted by Gasteiger charge is 2.49. The Labute approximate surface area is 184 Å². The fourth-order valence-corrected chi connectivity index (χ4v) is 4.36. The van der Waals surface area contributed by atoms with Crippen LogP contribution in [0.3, 0.4) is 0 Å². The molecule has 7 N–H and O–H groups in total. The summed E-state index contributed by atoms with van der Waals surface area (Å²) in [7, 11) is 0. The van der Waals surface area contributed by atoms with E-state index in [1.807, 2.05) is 0 Å². The van der Waals surface area contributed by atoms with Crippen LogP contribution in [0, 0.1) is 12.7 Å². The number of anilines is 1. The van der Waals surface area contributed by atoms with Gasteiger partial charge in [-0.05, 0) is 62.4 Å². The smallest absolute Gasteiger partial charge is 0.293 e. The third kappa shape index (κ3) is 3.62. The maximum absolute atomic E-state index is 13.2. The number of carbonyl (C=O) groups is 3. The SMILES string of the molecule is Cc1c(C(=O)C(=O)NC2(/C(=C/N)NN)CC2)c2n(c1C(=O)Nc1ccc(F)cc1)CCC2. The first-order valence-electron chi connectivity index (χ1n) is 10.4. The Morgan fingerprint density at radius 3 is 2.47 bits per heavy atom. The van der Waals surface area contributed by atoms with Crippen LogP contribution in [-0.4, -0.2) is 27.7 Å². The Morgan fingerprint density at radius 2 is 1.88 bits per heavy atom. The van der Waals surface area contributed by atoms with Gasteiger partial charge in [-0.2, -0.15) is 0 Å². The van der Waals surface area contributed by atoms with Gasteiger partial charge in [-0.3, -0.25) is 20.2 Å². The van der Waals surface area contributed by atoms with Crippen LogP contribution in [0.1, 0.15) is 51.4 Å². The van der Waals surface area contributed by atoms with E-state index in [-0.39, 0.29) is 5.56 Å². The summed E-state index contributed by atoms with van der Waals surface area (Å²) in [6.45, 7) is 2.23. The van der Waals surface area contributed by atoms with Crippen molar-refractivity contribution in [2.75, 3.05) is 5.32 Å². The fraction of sp³-hybridized carbons (Fsp3) is 0.318. The summed E-state index contributed by atoms with van der Waals surface area (Å²) >= 11 is 0. The minimum absolute atomic E-state index is 0.249. The Kier molecular flexibility index (Phi) is 5.47. The number of ketones is 1. The van der Waals surface area contributed by atoms with Crippen LogP contribution in [0.25, 0.3) is 0 Å². The van der Waals surface area contributed by atoms with Crippen molar-refractivity contribution >= 4 is 23.3 Å². The van der Waals surface area contributed by atoms with E-state index in [9.17, 15) is 18.8 Å². The zero-order valence-corrected chi connectivity index (χ0v) is 17.6. The molecular formula is C22H25FN6O3. The molecule has 9 nitrogen and oxygen atoms in total. The first-order chi connectivity index (χ1) is 15.3. The van der Waals surface area contributed by atoms with Gasteiger partial charge in [0.25, 0.3) is 17.6 Å². The molecule has 1 saturated carbocycles. The lowest BCUT2D eigenvalue weighted by molar-refractivity contribution is -0.117. The summed E-state index contributed by atoms with van der Waals surface area (Å²) in [5.41, 5.74) is 9.82. The number of nitrogens with one attached hydrogen (secondary N) is 3. The van der Waals surface area contributed by atoms with E-state index in [2.05, 4.69) is 16.1 Å². The maximum Gasteiger partial charge on any atom is 0.293 e. The molecule has 1 aliphatic heterocycles. The molecule has 1 aromatic heterocycles. The molecule has 0 radical (unpaired) electrons. The monoisotopic (exact) mass is 440 g/mol. The number of nitrogens with zero attached hydrogens (tertiary/aromatic N) is 1. The predicted molar refractivity (Wildman–Crippen MR) is 116 cm³/mol. The van der Waals surface area contributed by atoms with Gasteiger partial charge in [-0.15, -0.1) is 0 Å². The standard InChI is InChI=1S/C22H25FN6O3/c1-12-17(19(30)21(32)27-22(8-9-22)16(11-24)28-25)15-3-2-10-29(15)18(12)20(31)26-14-6-4-13(23)5-7-14/h4-7,11,28H,2-3,8-10,24-25H2,1H3,(H,26,31)(H,27,32)/b16-11-. The number of benzene rings is 1. The molecule has 0 bridgehead atoms. The largest absolute Gasteiger partial charge is 0.403 e. The van der Waals surface area contributed by atoms with Gasteiger partial charge in [0, 0.05) is 24.1 Å². The van der Waals surface area contributed by atoms with E-state index in [4.69, 9.17) is 11.6 Å². The second-order valence-corrected chi connectivity index (χ2v) is 8.10. The number of hydrogen-bond acceptors (Lipinski definition) is 6. The van der Waals surface area contributed by atoms with Gasteiger partial charge >= 0.3 is 0 Å². The van der Waals surface area contributed by atoms with Crippen molar-refractivity contribution in [2.24, 2.45) is 11.6 Å². The van der Waals surface area contributed by atoms with E-state index in [1.54, 1.807) is 11.5 Å². The van der Waals surface area contributed by atoms with Crippen LogP contribution in [0.2, 0.25) is 0 Å². The third-order valence-electron chi connectivity index (χ3n) is 6.10. The molecule has 10 heteroatoms. The molecule has 1 aliphatic carbocycles. The fourth-order valence-electron chi connectivity index (χ4n) is 4.36. The highest BCUT2D eigenvalue weighted by Crippen LogP contribution is 2.40. The van der Waals surface area contributed by atoms with Crippen LogP contribution in [0.15, 0.2) is 36.2 Å². The number of Topliss-reactive ketones (excluding diaryl/α,β-unsaturated/α-hetero) is 1. The molecule has 0 saturated heterocycles. The normalized spacial score (nSPS) is 16.3. The second-order valence-electron chi connectivity index (χ2n) is 8.10. The van der Waals surface area contributed by atoms with Gasteiger partial charge in [-0.1, -0.05) is 0 Å². The zero-order chi connectivity index (χ0) is 23.0. The lowest BCUT2D eigenvalue weighted by atomic mass is 10.0. The van der Waals surface area contributed by atoms with Crippen molar-refractivity contribution in [3.05, 3.63) is 64.5 Å². The predicted octanol–water partition coefficient (Wildman–Crippen LogP) is 1.23. The van der Waals surface area contributed by atoms with Crippen molar-refractivity contribution in [1.29, 1.82) is 0 Å². The molecule has 32 heavy (non-hydrogen) atoms. The first-order valence-corrected chi connectivity index (χ1v) is 10.4. The van der Waals surface area contributed by atoms with Crippen molar-refractivity contribution < 1.29 is 18.8 Å². The maximum atomic E-state index is 13.2. The van der Waals surface area contributed by atoms with Crippen LogP contribution in [-0.2, 0) is 17.8 Å². The van der Waals surface area contributed by atoms with Gasteiger partial charge in [0.2, 0.25) is 0 Å². The molecule has 2 aliphatic rings. The number of hydrogen-bond donors (Lipinski definition) is 5. The number of fused-ring (bicyclic) bond motifs is 1. The Bertz CT molecular complexity index is 1130. The highest BCUT2D eigenvalue weighted by atomic mass is 19.1. The van der Waals surface area contributed by atoms with Crippen molar-refractivity contribution in [2.45, 2.75) is 44.7 Å². The molecule has 2 amide bonds. The van der Waals surface area contributed by atoms with Gasteiger partial charge in [0.1, 0.15) is 11.5 Å². The van der Waals surface area contributed by atoms with E-state index in [0.29, 0.717) is 54.1 Å². The average molecular weight is 440 g/mol. The zero-order valence-electron chi connectivity index (χ0n) is 17.6. The number of nitrogens with two attached hydrogens (primary N) is 2. The molecule has 0 unspecified atom stereocenters. The number of carbonyl (C=O) groups excluding carboxylic acids is 3. The molecule has 4 rings (SSSR count). The van der Waals surface area contributed by atoms with Crippen LogP contribution >= 0.6 is 0 Å². The second kappa shape index (κ2) is 8.12. The van der Waals surface area contributed by atoms with E-state index in [0.717, 1.165) is 6.42 Å². The van der Waals surface area contributed by atoms with Gasteiger partial charge in [0.15, 0.2) is 0 Å². The summed E-state index contributed by atoms with van der Waals surface area (Å²) in [6.07, 6.45) is 3.84. The molecule has 168 valence electrons. The minimum atomic E-state index is -0.772. The molecule has 0 atom stereocenters. The lowest BCUT2D eigenvalue weighted by Gasteiger charge is -2.19. The summed E-state index contributed by atoms with van der Waals surface area (Å²) in [4.78, 5) is 39.0. The lowest BCUT2D eigenvalue weighted by Crippen LogP contribution is -2.47. The van der Waals surface area contributed by atoms with Crippen molar-refractivity contribution in [1.82, 2.24) is 15.3 Å². The Balaban J connectivity index is 1.61. The quantitative estimate of drug-likeness (QED) is 0.190. The van der Waals surface area contributed by atoms with Crippen LogP contribution < -0.4 is 27.6 Å². The molecule has 0 spiro atoms. The minimum Gasteiger partial charge on any atom is -0.403 e. The molecular weight excluding hydrogens is 415 g/mol. The highest BCUT2D eigenvalue weighted by molar-refractivity contribution is 6.44. The summed E-state index contributed by atoms with van der Waals surface area (Å²) < 4.78 is 14.9. The number of aromatic nitrogens is 1. The number of halogens is 1. The Morgan fingerprint density at radius 1 is 1.19 bits per heavy atom. The molecule has 1 aromatic carbocycles. The van der Waals surface area contributed by atoms with Gasteiger partial charge in [0.05, 0.1) is 16.8 Å². The van der Waals surface area contributed by atoms with E-state index in [1.165, 1.54) is 30.5 Å². The number of hydrazine groups is 1. The molecule has 2 aromatic rings. The topological polar surface area (TPSA) is 144 Å². The van der Waals surface area contributed by atoms with Crippen LogP contribution in [0.5, 0.6) is 0 Å².